The molecule has 3 fully saturated rings. The Morgan fingerprint density at radius 2 is 0.876 bits per heavy atom. The summed E-state index contributed by atoms with van der Waals surface area (Å²) in [7, 11) is 0. The van der Waals surface area contributed by atoms with Crippen LogP contribution in [0.15, 0.2) is 130 Å². The van der Waals surface area contributed by atoms with Crippen LogP contribution in [0.3, 0.4) is 0 Å². The van der Waals surface area contributed by atoms with Gasteiger partial charge in [0.05, 0.1) is 41.5 Å². The molecule has 17 rings (SSSR count). The molecule has 9 aliphatic rings. The summed E-state index contributed by atoms with van der Waals surface area (Å²) >= 11 is 2.10. The van der Waals surface area contributed by atoms with Gasteiger partial charge in [0.1, 0.15) is 59.2 Å². The van der Waals surface area contributed by atoms with Gasteiger partial charge in [0.2, 0.25) is 16.3 Å². The Kier molecular flexibility index (Phi) is 25.9. The van der Waals surface area contributed by atoms with Gasteiger partial charge in [0, 0.05) is 91.2 Å². The van der Waals surface area contributed by atoms with Crippen molar-refractivity contribution in [2.75, 3.05) is 39.5 Å². The number of fused-ring (bicyclic) bond motifs is 6. The second-order valence-electron chi connectivity index (χ2n) is 28.2. The second kappa shape index (κ2) is 34.7. The predicted octanol–water partition coefficient (Wildman–Crippen LogP) is 4.06. The molecule has 0 bridgehead atoms. The van der Waals surface area contributed by atoms with E-state index in [2.05, 4.69) is 39.9 Å². The number of pyridine rings is 3. The minimum atomic E-state index is -0.946. The van der Waals surface area contributed by atoms with Gasteiger partial charge < -0.3 is 86.0 Å². The molecule has 5 amide bonds. The number of hydrogen-bond acceptors (Lipinski definition) is 15. The Labute approximate surface area is 675 Å². The van der Waals surface area contributed by atoms with E-state index in [4.69, 9.17) is 34.1 Å². The molecule has 5 N–H and O–H groups in total. The quantitative estimate of drug-likeness (QED) is 0.0416. The van der Waals surface area contributed by atoms with Crippen molar-refractivity contribution < 1.29 is 115 Å². The normalized spacial score (nSPS) is 21.3. The third kappa shape index (κ3) is 15.5. The maximum Gasteiger partial charge on any atom is 1.00 e. The molecule has 0 spiro atoms. The fourth-order valence-corrected chi connectivity index (χ4v) is 17.3. The van der Waals surface area contributed by atoms with E-state index in [1.165, 1.54) is 24.3 Å². The van der Waals surface area contributed by atoms with Crippen molar-refractivity contribution in [1.82, 2.24) is 39.0 Å². The van der Waals surface area contributed by atoms with E-state index in [0.717, 1.165) is 60.3 Å². The first-order valence-corrected chi connectivity index (χ1v) is 37.2. The zero-order chi connectivity index (χ0) is 79.1. The maximum atomic E-state index is 14.2. The number of benzene rings is 5. The molecule has 6 unspecified atom stereocenters. The van der Waals surface area contributed by atoms with Crippen LogP contribution in [0.1, 0.15) is 175 Å². The molecule has 3 saturated heterocycles. The summed E-state index contributed by atoms with van der Waals surface area (Å²) in [5.74, 6) is -7.64. The van der Waals surface area contributed by atoms with Crippen LogP contribution in [0.25, 0.3) is 0 Å². The van der Waals surface area contributed by atoms with Crippen molar-refractivity contribution >= 4 is 52.1 Å². The van der Waals surface area contributed by atoms with Crippen LogP contribution < -0.4 is 73.4 Å². The van der Waals surface area contributed by atoms with Crippen molar-refractivity contribution in [3.05, 3.63) is 264 Å². The SMILES string of the molecule is CC12OCCCN1C(=O)c1c(O)c(=O)c(C(=O)NCc3ccc(F)cc3F)c3n1C2CC3.CC12OCCCN1C(=O)c1c(OCc3ccccc3)c(=O)c(C(=O)NCc3ccc(F)cc3F)c3n1C2CC3.CC12OCCCN1C(=O)c1c(OCc3ccccc3)c(=O)c(I)c3n1C2CC3.NCc1ccc(F)cc1F.[C-]#[O+].[Cl-].[Li+]. The molecule has 24 nitrogen and oxygen atoms in total. The summed E-state index contributed by atoms with van der Waals surface area (Å²) in [5, 5.41) is 15.7. The minimum Gasteiger partial charge on any atom is -1.00 e. The summed E-state index contributed by atoms with van der Waals surface area (Å²) in [6, 6.07) is 27.6. The van der Waals surface area contributed by atoms with E-state index >= 15 is 0 Å². The molecule has 5 aromatic carbocycles. The first kappa shape index (κ1) is 84.4. The van der Waals surface area contributed by atoms with Crippen LogP contribution in [0.2, 0.25) is 0 Å². The largest absolute Gasteiger partial charge is 1.00 e. The molecule has 6 atom stereocenters. The Balaban J connectivity index is 0.000000156. The number of halogens is 8. The van der Waals surface area contributed by atoms with Gasteiger partial charge in [-0.2, -0.15) is 0 Å². The molecule has 12 heterocycles. The number of nitrogens with one attached hydrogen (secondary N) is 2. The van der Waals surface area contributed by atoms with Crippen molar-refractivity contribution in [2.45, 2.75) is 147 Å². The molecule has 113 heavy (non-hydrogen) atoms. The van der Waals surface area contributed by atoms with Crippen LogP contribution >= 0.6 is 22.6 Å². The minimum absolute atomic E-state index is 0. The topological polar surface area (TPSA) is 297 Å². The summed E-state index contributed by atoms with van der Waals surface area (Å²) in [6.07, 6.45) is 5.52. The molecular formula is C80H76ClF6ILiN9O15. The number of carbonyl (C=O) groups excluding carboxylic acids is 5. The molecule has 588 valence electrons. The standard InChI is InChI=1S/C29H27F2N3O5.C22H21F2N3O5.C21H21IN2O4.C7H7F2N.CO.ClH.Li/c1-29-22-11-10-21-23(27(36)32-15-18-8-9-19(30)14-20(18)31)25(35)26(38-16-17-6-3-2-4-7-17)24(34(21)22)28(37)33(29)12-5-13-39-29;1-22-15-6-5-14-16(20(30)25-10-11-3-4-12(23)9-13(11)24)18(28)19(29)17(27(14)15)21(31)26(22)7-2-8-32-22;1-21-15-9-8-14-16(22)18(25)19(27-12-13-6-3-2-4-7-13)17(24(14)15)20(26)23(21)10-5-11-28-21;8-6-2-1-5(4-10)7(9)3-6;1-2;;/h2-4,6-9,14,22H,5,10-13,15-16H2,1H3,(H,32,36);3-4,9,15,29H,2,5-8,10H2,1H3,(H,25,30);2-4,6-7,15H,5,8-12H2,1H3;1-3H,4,10H2;;1H;/q;;;;;;+1/p-1. The van der Waals surface area contributed by atoms with E-state index in [0.29, 0.717) is 110 Å². The average molecular weight is 1690 g/mol. The monoisotopic (exact) mass is 1690 g/mol. The Morgan fingerprint density at radius 3 is 1.27 bits per heavy atom. The van der Waals surface area contributed by atoms with Gasteiger partial charge in [-0.05, 0) is 130 Å². The molecule has 0 saturated carbocycles. The van der Waals surface area contributed by atoms with Gasteiger partial charge in [-0.3, -0.25) is 38.4 Å². The number of hydrogen-bond donors (Lipinski definition) is 4. The van der Waals surface area contributed by atoms with Gasteiger partial charge in [-0.15, -0.1) is 0 Å². The Bertz CT molecular complexity index is 5280. The Hall–Kier alpha value is -9.52. The van der Waals surface area contributed by atoms with Crippen LogP contribution in [-0.2, 0) is 71.0 Å². The average Bonchev–Trinajstić information content (AvgIpc) is 1.63. The third-order valence-electron chi connectivity index (χ3n) is 21.9. The molecular weight excluding hydrogens is 1610 g/mol. The van der Waals surface area contributed by atoms with Crippen LogP contribution in [0, 0.1) is 45.1 Å². The zero-order valence-corrected chi connectivity index (χ0v) is 64.7. The smallest absolute Gasteiger partial charge is 1.00 e. The van der Waals surface area contributed by atoms with E-state index < -0.39 is 86.4 Å². The number of ether oxygens (including phenoxy) is 5. The zero-order valence-electron chi connectivity index (χ0n) is 61.8. The van der Waals surface area contributed by atoms with Crippen LogP contribution in [0.5, 0.6) is 17.2 Å². The first-order valence-electron chi connectivity index (χ1n) is 36.1. The first-order chi connectivity index (χ1) is 53.3. The van der Waals surface area contributed by atoms with E-state index in [1.54, 1.807) is 30.8 Å². The number of carbonyl (C=O) groups is 5. The van der Waals surface area contributed by atoms with E-state index in [9.17, 15) is 69.8 Å². The fourth-order valence-electron chi connectivity index (χ4n) is 16.5. The number of aromatic hydroxyl groups is 1. The van der Waals surface area contributed by atoms with Crippen LogP contribution in [-0.4, -0.2) is 120 Å². The van der Waals surface area contributed by atoms with Gasteiger partial charge in [0.15, 0.2) is 51.5 Å². The van der Waals surface area contributed by atoms with Crippen molar-refractivity contribution in [3.8, 4) is 17.2 Å². The number of nitrogens with zero attached hydrogens (tertiary/aromatic N) is 6. The van der Waals surface area contributed by atoms with Crippen LogP contribution in [0.4, 0.5) is 26.3 Å². The third-order valence-corrected chi connectivity index (χ3v) is 23.0. The number of amides is 5. The molecule has 0 radical (unpaired) electrons. The van der Waals surface area contributed by atoms with E-state index in [1.807, 2.05) is 79.1 Å². The summed E-state index contributed by atoms with van der Waals surface area (Å²) < 4.78 is 123. The fraction of sp³-hybridized carbons (Fsp3) is 0.362. The van der Waals surface area contributed by atoms with Crippen molar-refractivity contribution in [1.29, 1.82) is 0 Å². The number of nitrogens with two attached hydrogens (primary N) is 1. The number of aromatic nitrogens is 3. The molecule has 3 aromatic heterocycles. The van der Waals surface area contributed by atoms with E-state index in [-0.39, 0.29) is 145 Å². The van der Waals surface area contributed by atoms with Crippen molar-refractivity contribution in [2.24, 2.45) is 5.73 Å². The maximum absolute atomic E-state index is 14.2. The summed E-state index contributed by atoms with van der Waals surface area (Å²) in [4.78, 5) is 112. The van der Waals surface area contributed by atoms with Gasteiger partial charge >= 0.3 is 30.2 Å². The molecule has 9 aliphatic heterocycles. The Morgan fingerprint density at radius 1 is 0.531 bits per heavy atom. The van der Waals surface area contributed by atoms with Gasteiger partial charge in [-0.1, -0.05) is 78.9 Å². The molecule has 8 aromatic rings. The number of rotatable bonds is 13. The summed E-state index contributed by atoms with van der Waals surface area (Å²) in [5.41, 5.74) is 4.64. The van der Waals surface area contributed by atoms with Gasteiger partial charge in [-0.25, -0.2) is 26.3 Å². The summed E-state index contributed by atoms with van der Waals surface area (Å²) in [6.45, 7) is 13.2. The molecule has 33 heteroatoms. The second-order valence-corrected chi connectivity index (χ2v) is 29.3. The predicted molar refractivity (Wildman–Crippen MR) is 393 cm³/mol. The molecule has 0 aliphatic carbocycles. The van der Waals surface area contributed by atoms with Crippen molar-refractivity contribution in [3.63, 3.8) is 0 Å². The van der Waals surface area contributed by atoms with Gasteiger partial charge in [0.25, 0.3) is 29.5 Å².